The first-order valence-electron chi connectivity index (χ1n) is 5.99. The van der Waals surface area contributed by atoms with E-state index in [0.717, 1.165) is 12.8 Å². The van der Waals surface area contributed by atoms with Gasteiger partial charge in [0.2, 0.25) is 0 Å². The molecule has 0 bridgehead atoms. The Morgan fingerprint density at radius 1 is 1.30 bits per heavy atom. The lowest BCUT2D eigenvalue weighted by Crippen LogP contribution is -2.26. The molecule has 0 heterocycles. The Morgan fingerprint density at radius 2 is 1.95 bits per heavy atom. The molecule has 0 aliphatic carbocycles. The van der Waals surface area contributed by atoms with Gasteiger partial charge in [-0.2, -0.15) is 0 Å². The van der Waals surface area contributed by atoms with Gasteiger partial charge in [0.25, 0.3) is 15.0 Å². The lowest BCUT2D eigenvalue weighted by molar-refractivity contribution is 0.0948. The second-order valence-electron chi connectivity index (χ2n) is 4.17. The van der Waals surface area contributed by atoms with Crippen molar-refractivity contribution in [2.45, 2.75) is 31.1 Å². The molecule has 1 amide bonds. The molecule has 0 aromatic heterocycles. The Labute approximate surface area is 120 Å². The smallest absolute Gasteiger partial charge is 0.264 e. The monoisotopic (exact) mass is 325 g/mol. The highest BCUT2D eigenvalue weighted by atomic mass is 35.7. The molecule has 0 spiro atoms. The van der Waals surface area contributed by atoms with Crippen LogP contribution in [0.5, 0.6) is 0 Å². The van der Waals surface area contributed by atoms with Gasteiger partial charge in [-0.15, -0.1) is 0 Å². The van der Waals surface area contributed by atoms with Gasteiger partial charge in [0, 0.05) is 17.2 Å². The third-order valence-electron chi connectivity index (χ3n) is 2.58. The summed E-state index contributed by atoms with van der Waals surface area (Å²) in [5.41, 5.74) is -0.680. The highest BCUT2D eigenvalue weighted by molar-refractivity contribution is 8.13. The number of nitrogens with one attached hydrogen (secondary N) is 1. The number of carbonyl (C=O) groups is 1. The van der Waals surface area contributed by atoms with Crippen LogP contribution in [-0.4, -0.2) is 20.9 Å². The fraction of sp³-hybridized carbons (Fsp3) is 0.417. The Hall–Kier alpha value is -1.21. The van der Waals surface area contributed by atoms with Gasteiger partial charge in [0.15, 0.2) is 5.82 Å². The van der Waals surface area contributed by atoms with Crippen LogP contribution in [0.15, 0.2) is 17.0 Å². The standard InChI is InChI=1S/C12H14ClF2NO3S/c1-2-3-4-5-16-12(17)9-6-8(14)7-10(11(9)15)20(13,18)19/h6-7H,2-5H2,1H3,(H,16,17). The van der Waals surface area contributed by atoms with Crippen LogP contribution in [0.3, 0.4) is 0 Å². The van der Waals surface area contributed by atoms with Crippen LogP contribution in [0, 0.1) is 11.6 Å². The minimum Gasteiger partial charge on any atom is -0.352 e. The number of rotatable bonds is 6. The Morgan fingerprint density at radius 3 is 2.50 bits per heavy atom. The number of unbranched alkanes of at least 4 members (excludes halogenated alkanes) is 2. The van der Waals surface area contributed by atoms with Crippen molar-refractivity contribution in [3.63, 3.8) is 0 Å². The topological polar surface area (TPSA) is 63.2 Å². The van der Waals surface area contributed by atoms with Crippen LogP contribution < -0.4 is 5.32 Å². The normalized spacial score (nSPS) is 11.4. The summed E-state index contributed by atoms with van der Waals surface area (Å²) in [4.78, 5) is 10.7. The van der Waals surface area contributed by atoms with Gasteiger partial charge in [-0.05, 0) is 18.6 Å². The van der Waals surface area contributed by atoms with E-state index in [0.29, 0.717) is 25.1 Å². The van der Waals surface area contributed by atoms with Crippen LogP contribution in [0.4, 0.5) is 8.78 Å². The Bertz CT molecular complexity index is 605. The maximum absolute atomic E-state index is 13.9. The van der Waals surface area contributed by atoms with E-state index in [-0.39, 0.29) is 0 Å². The molecule has 1 aromatic carbocycles. The van der Waals surface area contributed by atoms with E-state index in [4.69, 9.17) is 10.7 Å². The quantitative estimate of drug-likeness (QED) is 0.646. The number of hydrogen-bond acceptors (Lipinski definition) is 3. The first kappa shape index (κ1) is 16.8. The van der Waals surface area contributed by atoms with Crippen molar-refractivity contribution >= 4 is 25.6 Å². The van der Waals surface area contributed by atoms with Gasteiger partial charge < -0.3 is 5.32 Å². The molecule has 0 radical (unpaired) electrons. The van der Waals surface area contributed by atoms with E-state index in [9.17, 15) is 22.0 Å². The van der Waals surface area contributed by atoms with Crippen LogP contribution >= 0.6 is 10.7 Å². The average Bonchev–Trinajstić information content (AvgIpc) is 2.35. The molecule has 1 rings (SSSR count). The largest absolute Gasteiger partial charge is 0.352 e. The van der Waals surface area contributed by atoms with E-state index < -0.39 is 37.1 Å². The maximum Gasteiger partial charge on any atom is 0.264 e. The Balaban J connectivity index is 3.01. The molecule has 20 heavy (non-hydrogen) atoms. The average molecular weight is 326 g/mol. The fourth-order valence-corrected chi connectivity index (χ4v) is 2.49. The third kappa shape index (κ3) is 4.42. The van der Waals surface area contributed by atoms with E-state index in [1.807, 2.05) is 6.92 Å². The molecule has 112 valence electrons. The number of halogens is 3. The fourth-order valence-electron chi connectivity index (χ4n) is 1.58. The summed E-state index contributed by atoms with van der Waals surface area (Å²) >= 11 is 0. The zero-order valence-corrected chi connectivity index (χ0v) is 12.3. The SMILES string of the molecule is CCCCCNC(=O)c1cc(F)cc(S(=O)(=O)Cl)c1F. The number of hydrogen-bond donors (Lipinski definition) is 1. The number of carbonyl (C=O) groups excluding carboxylic acids is 1. The summed E-state index contributed by atoms with van der Waals surface area (Å²) in [6.07, 6.45) is 2.52. The molecular weight excluding hydrogens is 312 g/mol. The highest BCUT2D eigenvalue weighted by Crippen LogP contribution is 2.23. The molecular formula is C12H14ClF2NO3S. The second kappa shape index (κ2) is 6.99. The summed E-state index contributed by atoms with van der Waals surface area (Å²) in [5, 5.41) is 2.40. The van der Waals surface area contributed by atoms with Gasteiger partial charge in [-0.25, -0.2) is 17.2 Å². The van der Waals surface area contributed by atoms with Gasteiger partial charge >= 0.3 is 0 Å². The van der Waals surface area contributed by atoms with Crippen molar-refractivity contribution in [2.24, 2.45) is 0 Å². The van der Waals surface area contributed by atoms with Gasteiger partial charge in [0.1, 0.15) is 10.7 Å². The van der Waals surface area contributed by atoms with Crippen LogP contribution in [0.2, 0.25) is 0 Å². The predicted octanol–water partition coefficient (Wildman–Crippen LogP) is 2.81. The van der Waals surface area contributed by atoms with Crippen LogP contribution in [0.1, 0.15) is 36.5 Å². The summed E-state index contributed by atoms with van der Waals surface area (Å²) < 4.78 is 49.4. The molecule has 0 fully saturated rings. The molecule has 4 nitrogen and oxygen atoms in total. The van der Waals surface area contributed by atoms with E-state index in [1.54, 1.807) is 0 Å². The van der Waals surface area contributed by atoms with Gasteiger partial charge in [0.05, 0.1) is 5.56 Å². The summed E-state index contributed by atoms with van der Waals surface area (Å²) in [6, 6.07) is 1.07. The maximum atomic E-state index is 13.9. The van der Waals surface area contributed by atoms with Crippen molar-refractivity contribution in [1.29, 1.82) is 0 Å². The Kier molecular flexibility index (Phi) is 5.88. The third-order valence-corrected chi connectivity index (χ3v) is 3.90. The second-order valence-corrected chi connectivity index (χ2v) is 6.70. The molecule has 8 heteroatoms. The van der Waals surface area contributed by atoms with Crippen LogP contribution in [0.25, 0.3) is 0 Å². The van der Waals surface area contributed by atoms with Crippen LogP contribution in [-0.2, 0) is 9.05 Å². The van der Waals surface area contributed by atoms with Crippen molar-refractivity contribution in [1.82, 2.24) is 5.32 Å². The summed E-state index contributed by atoms with van der Waals surface area (Å²) in [6.45, 7) is 2.28. The number of benzene rings is 1. The van der Waals surface area contributed by atoms with Gasteiger partial charge in [-0.3, -0.25) is 4.79 Å². The van der Waals surface area contributed by atoms with Crippen molar-refractivity contribution < 1.29 is 22.0 Å². The zero-order valence-electron chi connectivity index (χ0n) is 10.8. The lowest BCUT2D eigenvalue weighted by Gasteiger charge is -2.08. The minimum atomic E-state index is -4.46. The predicted molar refractivity (Wildman–Crippen MR) is 71.3 cm³/mol. The first-order valence-corrected chi connectivity index (χ1v) is 8.30. The van der Waals surface area contributed by atoms with Crippen molar-refractivity contribution in [3.05, 3.63) is 29.3 Å². The van der Waals surface area contributed by atoms with Crippen molar-refractivity contribution in [3.8, 4) is 0 Å². The van der Waals surface area contributed by atoms with E-state index in [1.165, 1.54) is 0 Å². The van der Waals surface area contributed by atoms with Crippen molar-refractivity contribution in [2.75, 3.05) is 6.54 Å². The first-order chi connectivity index (χ1) is 9.27. The zero-order chi connectivity index (χ0) is 15.3. The molecule has 0 saturated carbocycles. The molecule has 1 N–H and O–H groups in total. The molecule has 0 saturated heterocycles. The molecule has 0 atom stereocenters. The summed E-state index contributed by atoms with van der Waals surface area (Å²) in [7, 11) is 0.528. The number of amides is 1. The molecule has 0 aliphatic heterocycles. The lowest BCUT2D eigenvalue weighted by atomic mass is 10.2. The summed E-state index contributed by atoms with van der Waals surface area (Å²) in [5.74, 6) is -3.28. The molecule has 0 unspecified atom stereocenters. The molecule has 1 aromatic rings. The van der Waals surface area contributed by atoms with E-state index >= 15 is 0 Å². The molecule has 0 aliphatic rings. The van der Waals surface area contributed by atoms with Gasteiger partial charge in [-0.1, -0.05) is 19.8 Å². The highest BCUT2D eigenvalue weighted by Gasteiger charge is 2.24. The minimum absolute atomic E-state index is 0.297. The van der Waals surface area contributed by atoms with E-state index in [2.05, 4.69) is 5.32 Å².